The second-order valence-corrected chi connectivity index (χ2v) is 5.46. The number of hydrazine groups is 1. The molecule has 0 aliphatic heterocycles. The summed E-state index contributed by atoms with van der Waals surface area (Å²) in [6.07, 6.45) is 7.67. The maximum Gasteiger partial charge on any atom is 0.206 e. The van der Waals surface area contributed by atoms with Gasteiger partial charge in [0.1, 0.15) is 5.01 Å². The summed E-state index contributed by atoms with van der Waals surface area (Å²) in [7, 11) is 0. The summed E-state index contributed by atoms with van der Waals surface area (Å²) in [6.45, 7) is 2.13. The Hall–Kier alpha value is -1.14. The molecule has 1 unspecified atom stereocenters. The highest BCUT2D eigenvalue weighted by atomic mass is 32.1. The van der Waals surface area contributed by atoms with Crippen LogP contribution >= 0.6 is 11.3 Å². The molecule has 6 heteroatoms. The van der Waals surface area contributed by atoms with Gasteiger partial charge in [-0.05, 0) is 19.3 Å². The van der Waals surface area contributed by atoms with E-state index in [-0.39, 0.29) is 6.04 Å². The number of aliphatic imine (C=N–C) groups is 1. The maximum atomic E-state index is 5.55. The van der Waals surface area contributed by atoms with Crippen LogP contribution in [0.15, 0.2) is 16.6 Å². The van der Waals surface area contributed by atoms with Crippen molar-refractivity contribution < 1.29 is 0 Å². The molecule has 0 saturated heterocycles. The first-order valence-electron chi connectivity index (χ1n) is 6.53. The quantitative estimate of drug-likeness (QED) is 0.337. The van der Waals surface area contributed by atoms with E-state index in [0.29, 0.717) is 12.0 Å². The van der Waals surface area contributed by atoms with Gasteiger partial charge in [-0.1, -0.05) is 19.8 Å². The van der Waals surface area contributed by atoms with Gasteiger partial charge in [0.2, 0.25) is 5.96 Å². The molecule has 0 aromatic carbocycles. The van der Waals surface area contributed by atoms with E-state index in [0.717, 1.165) is 11.4 Å². The van der Waals surface area contributed by atoms with Gasteiger partial charge in [-0.3, -0.25) is 5.43 Å². The predicted molar refractivity (Wildman–Crippen MR) is 75.3 cm³/mol. The van der Waals surface area contributed by atoms with Crippen LogP contribution in [-0.4, -0.2) is 17.0 Å². The Morgan fingerprint density at radius 1 is 1.61 bits per heavy atom. The molecule has 1 fully saturated rings. The van der Waals surface area contributed by atoms with E-state index < -0.39 is 0 Å². The van der Waals surface area contributed by atoms with Crippen LogP contribution in [0.25, 0.3) is 0 Å². The van der Waals surface area contributed by atoms with Crippen LogP contribution in [0.2, 0.25) is 0 Å². The molecule has 1 aromatic rings. The summed E-state index contributed by atoms with van der Waals surface area (Å²) in [5.41, 5.74) is 2.67. The molecule has 100 valence electrons. The summed E-state index contributed by atoms with van der Waals surface area (Å²) in [5, 5.41) is 6.41. The topological polar surface area (TPSA) is 75.3 Å². The minimum absolute atomic E-state index is 0.182. The molecule has 1 heterocycles. The zero-order valence-electron chi connectivity index (χ0n) is 10.7. The molecule has 0 radical (unpaired) electrons. The highest BCUT2D eigenvalue weighted by Crippen LogP contribution is 2.22. The van der Waals surface area contributed by atoms with Gasteiger partial charge in [0.05, 0.1) is 12.1 Å². The lowest BCUT2D eigenvalue weighted by Gasteiger charge is -2.18. The standard InChI is InChI=1S/C12H21N5S/c1-2-10(11-14-7-8-18-11)16-12(17-13)15-9-5-3-4-6-9/h7-10H,2-6,13H2,1H3,(H2,15,16,17). The summed E-state index contributed by atoms with van der Waals surface area (Å²) in [4.78, 5) is 8.98. The maximum absolute atomic E-state index is 5.55. The van der Waals surface area contributed by atoms with Gasteiger partial charge in [0.15, 0.2) is 0 Å². The Labute approximate surface area is 112 Å². The smallest absolute Gasteiger partial charge is 0.206 e. The molecule has 18 heavy (non-hydrogen) atoms. The van der Waals surface area contributed by atoms with Crippen molar-refractivity contribution in [3.05, 3.63) is 16.6 Å². The lowest BCUT2D eigenvalue weighted by Crippen LogP contribution is -2.43. The number of hydrogen-bond donors (Lipinski definition) is 3. The van der Waals surface area contributed by atoms with E-state index in [1.165, 1.54) is 25.7 Å². The Kier molecular flexibility index (Phi) is 4.95. The fraction of sp³-hybridized carbons (Fsp3) is 0.667. The number of rotatable bonds is 4. The number of thiazole rings is 1. The Morgan fingerprint density at radius 3 is 2.94 bits per heavy atom. The third-order valence-corrected chi connectivity index (χ3v) is 4.13. The summed E-state index contributed by atoms with van der Waals surface area (Å²) in [5.74, 6) is 6.23. The molecule has 1 aromatic heterocycles. The second-order valence-electron chi connectivity index (χ2n) is 4.54. The lowest BCUT2D eigenvalue weighted by atomic mass is 10.2. The van der Waals surface area contributed by atoms with Crippen molar-refractivity contribution in [2.45, 2.75) is 51.1 Å². The van der Waals surface area contributed by atoms with Crippen molar-refractivity contribution in [2.75, 3.05) is 0 Å². The zero-order chi connectivity index (χ0) is 12.8. The molecule has 5 nitrogen and oxygen atoms in total. The first-order valence-corrected chi connectivity index (χ1v) is 7.41. The van der Waals surface area contributed by atoms with E-state index in [1.54, 1.807) is 11.3 Å². The van der Waals surface area contributed by atoms with Crippen molar-refractivity contribution in [1.29, 1.82) is 0 Å². The van der Waals surface area contributed by atoms with Crippen LogP contribution in [0.1, 0.15) is 50.1 Å². The van der Waals surface area contributed by atoms with Crippen LogP contribution in [0.3, 0.4) is 0 Å². The molecule has 1 aliphatic rings. The fourth-order valence-corrected chi connectivity index (χ4v) is 3.01. The number of nitrogens with two attached hydrogens (primary N) is 1. The SMILES string of the molecule is CCC(NC(=NC1CCCC1)NN)c1nccs1. The fourth-order valence-electron chi connectivity index (χ4n) is 2.24. The number of nitrogens with one attached hydrogen (secondary N) is 2. The molecular formula is C12H21N5S. The molecule has 0 spiro atoms. The Balaban J connectivity index is 1.99. The van der Waals surface area contributed by atoms with Crippen LogP contribution in [0, 0.1) is 0 Å². The third kappa shape index (κ3) is 3.43. The van der Waals surface area contributed by atoms with E-state index in [1.807, 2.05) is 11.6 Å². The van der Waals surface area contributed by atoms with Crippen LogP contribution in [-0.2, 0) is 0 Å². The highest BCUT2D eigenvalue weighted by Gasteiger charge is 2.17. The first-order chi connectivity index (χ1) is 8.83. The summed E-state index contributed by atoms with van der Waals surface area (Å²) >= 11 is 1.65. The summed E-state index contributed by atoms with van der Waals surface area (Å²) in [6, 6.07) is 0.596. The average molecular weight is 267 g/mol. The minimum Gasteiger partial charge on any atom is -0.346 e. The van der Waals surface area contributed by atoms with E-state index in [9.17, 15) is 0 Å². The largest absolute Gasteiger partial charge is 0.346 e. The number of hydrogen-bond acceptors (Lipinski definition) is 4. The van der Waals surface area contributed by atoms with Crippen molar-refractivity contribution in [3.8, 4) is 0 Å². The molecular weight excluding hydrogens is 246 g/mol. The molecule has 0 bridgehead atoms. The number of nitrogens with zero attached hydrogens (tertiary/aromatic N) is 2. The summed E-state index contributed by atoms with van der Waals surface area (Å²) < 4.78 is 0. The van der Waals surface area contributed by atoms with Crippen LogP contribution in [0.4, 0.5) is 0 Å². The third-order valence-electron chi connectivity index (χ3n) is 3.24. The average Bonchev–Trinajstić information content (AvgIpc) is 3.07. The van der Waals surface area contributed by atoms with Gasteiger partial charge in [-0.15, -0.1) is 11.3 Å². The Morgan fingerprint density at radius 2 is 2.39 bits per heavy atom. The normalized spacial score (nSPS) is 18.9. The van der Waals surface area contributed by atoms with Crippen molar-refractivity contribution >= 4 is 17.3 Å². The monoisotopic (exact) mass is 267 g/mol. The predicted octanol–water partition coefficient (Wildman–Crippen LogP) is 1.95. The Bertz CT molecular complexity index is 370. The molecule has 2 rings (SSSR count). The van der Waals surface area contributed by atoms with Crippen LogP contribution < -0.4 is 16.6 Å². The van der Waals surface area contributed by atoms with Crippen LogP contribution in [0.5, 0.6) is 0 Å². The van der Waals surface area contributed by atoms with Gasteiger partial charge in [0.25, 0.3) is 0 Å². The van der Waals surface area contributed by atoms with E-state index in [2.05, 4.69) is 27.6 Å². The minimum atomic E-state index is 0.182. The first kappa shape index (κ1) is 13.3. The molecule has 1 saturated carbocycles. The van der Waals surface area contributed by atoms with Crippen molar-refractivity contribution in [3.63, 3.8) is 0 Å². The van der Waals surface area contributed by atoms with E-state index in [4.69, 9.17) is 5.84 Å². The van der Waals surface area contributed by atoms with Crippen molar-refractivity contribution in [1.82, 2.24) is 15.7 Å². The molecule has 1 atom stereocenters. The zero-order valence-corrected chi connectivity index (χ0v) is 11.5. The molecule has 0 amide bonds. The van der Waals surface area contributed by atoms with E-state index >= 15 is 0 Å². The van der Waals surface area contributed by atoms with Gasteiger partial charge in [-0.2, -0.15) is 0 Å². The molecule has 1 aliphatic carbocycles. The lowest BCUT2D eigenvalue weighted by molar-refractivity contribution is 0.596. The van der Waals surface area contributed by atoms with Gasteiger partial charge < -0.3 is 5.32 Å². The van der Waals surface area contributed by atoms with Gasteiger partial charge in [-0.25, -0.2) is 15.8 Å². The van der Waals surface area contributed by atoms with Gasteiger partial charge >= 0.3 is 0 Å². The number of guanidine groups is 1. The highest BCUT2D eigenvalue weighted by molar-refractivity contribution is 7.09. The molecule has 4 N–H and O–H groups in total. The van der Waals surface area contributed by atoms with Crippen molar-refractivity contribution in [2.24, 2.45) is 10.8 Å². The number of aromatic nitrogens is 1. The second kappa shape index (κ2) is 6.70. The van der Waals surface area contributed by atoms with Gasteiger partial charge in [0, 0.05) is 11.6 Å².